The summed E-state index contributed by atoms with van der Waals surface area (Å²) in [5, 5.41) is 14.3. The van der Waals surface area contributed by atoms with Crippen LogP contribution in [-0.2, 0) is 17.1 Å². The van der Waals surface area contributed by atoms with E-state index in [1.807, 2.05) is 0 Å². The van der Waals surface area contributed by atoms with E-state index in [-0.39, 0.29) is 32.6 Å². The molecule has 0 spiro atoms. The molecule has 0 atom stereocenters. The normalized spacial score (nSPS) is 11.6. The summed E-state index contributed by atoms with van der Waals surface area (Å²) >= 11 is 6.14. The Morgan fingerprint density at radius 1 is 1.09 bits per heavy atom. The highest BCUT2D eigenvalue weighted by Gasteiger charge is 2.26. The molecule has 4 aromatic rings. The van der Waals surface area contributed by atoms with Crippen LogP contribution in [0.25, 0.3) is 21.9 Å². The number of hydrogen-bond acceptors (Lipinski definition) is 4. The third kappa shape index (κ3) is 3.69. The molecule has 0 radical (unpaired) electrons. The number of sulfonamides is 1. The van der Waals surface area contributed by atoms with Gasteiger partial charge in [0.25, 0.3) is 10.0 Å². The van der Waals surface area contributed by atoms with Crippen molar-refractivity contribution in [3.05, 3.63) is 76.8 Å². The summed E-state index contributed by atoms with van der Waals surface area (Å²) in [5.41, 5.74) is 0.982. The van der Waals surface area contributed by atoms with Crippen LogP contribution in [0, 0.1) is 12.7 Å². The van der Waals surface area contributed by atoms with Crippen molar-refractivity contribution >= 4 is 44.1 Å². The molecule has 0 aliphatic rings. The second-order valence-corrected chi connectivity index (χ2v) is 9.12. The van der Waals surface area contributed by atoms with Gasteiger partial charge in [-0.2, -0.15) is 5.10 Å². The van der Waals surface area contributed by atoms with Gasteiger partial charge < -0.3 is 5.11 Å². The van der Waals surface area contributed by atoms with E-state index in [1.54, 1.807) is 44.3 Å². The minimum atomic E-state index is -4.07. The number of carbonyl (C=O) groups is 1. The van der Waals surface area contributed by atoms with Crippen LogP contribution in [0.1, 0.15) is 16.1 Å². The van der Waals surface area contributed by atoms with Gasteiger partial charge in [-0.1, -0.05) is 41.9 Å². The number of anilines is 1. The van der Waals surface area contributed by atoms with E-state index in [2.05, 4.69) is 9.82 Å². The fourth-order valence-electron chi connectivity index (χ4n) is 3.60. The van der Waals surface area contributed by atoms with E-state index >= 15 is 0 Å². The maximum atomic E-state index is 14.6. The summed E-state index contributed by atoms with van der Waals surface area (Å²) in [6.07, 6.45) is 0. The lowest BCUT2D eigenvalue weighted by Gasteiger charge is -2.14. The Balaban J connectivity index is 1.87. The van der Waals surface area contributed by atoms with Gasteiger partial charge in [0.1, 0.15) is 15.9 Å². The minimum absolute atomic E-state index is 0.0246. The van der Waals surface area contributed by atoms with Gasteiger partial charge in [-0.05, 0) is 42.1 Å². The molecule has 0 aliphatic heterocycles. The number of rotatable bonds is 5. The number of aromatic carboxylic acids is 1. The average molecular weight is 474 g/mol. The first-order chi connectivity index (χ1) is 15.1. The van der Waals surface area contributed by atoms with Crippen molar-refractivity contribution in [2.45, 2.75) is 11.8 Å². The number of aromatic nitrogens is 2. The van der Waals surface area contributed by atoms with Gasteiger partial charge in [-0.25, -0.2) is 17.6 Å². The first-order valence-corrected chi connectivity index (χ1v) is 11.2. The van der Waals surface area contributed by atoms with Crippen molar-refractivity contribution in [3.8, 4) is 11.1 Å². The molecular formula is C22H17ClFN3O4S. The molecule has 0 amide bonds. The van der Waals surface area contributed by atoms with Gasteiger partial charge in [-0.3, -0.25) is 9.40 Å². The molecule has 2 N–H and O–H groups in total. The Morgan fingerprint density at radius 3 is 2.41 bits per heavy atom. The largest absolute Gasteiger partial charge is 0.478 e. The number of aryl methyl sites for hydroxylation is 2. The lowest BCUT2D eigenvalue weighted by atomic mass is 9.95. The van der Waals surface area contributed by atoms with Crippen LogP contribution in [0.3, 0.4) is 0 Å². The summed E-state index contributed by atoms with van der Waals surface area (Å²) in [5.74, 6) is -1.77. The van der Waals surface area contributed by atoms with Gasteiger partial charge in [0.2, 0.25) is 0 Å². The SMILES string of the molecule is Cc1nn(C)c(Cl)c1S(=O)(=O)Nc1ccc(-c2cc(C(=O)O)ccc2F)c2ccccc12. The molecule has 0 bridgehead atoms. The fourth-order valence-corrected chi connectivity index (χ4v) is 5.43. The molecule has 3 aromatic carbocycles. The standard InChI is InChI=1S/C22H17ClFN3O4S/c1-12-20(21(23)27(2)25-12)32(30,31)26-19-10-8-15(14-5-3-4-6-16(14)19)17-11-13(22(28)29)7-9-18(17)24/h3-11,26H,1-2H3,(H,28,29). The second-order valence-electron chi connectivity index (χ2n) is 7.14. The van der Waals surface area contributed by atoms with Crippen molar-refractivity contribution < 1.29 is 22.7 Å². The Bertz CT molecular complexity index is 1500. The van der Waals surface area contributed by atoms with Gasteiger partial charge in [0, 0.05) is 18.0 Å². The molecule has 0 saturated carbocycles. The number of fused-ring (bicyclic) bond motifs is 1. The maximum Gasteiger partial charge on any atom is 0.335 e. The van der Waals surface area contributed by atoms with Crippen LogP contribution >= 0.6 is 11.6 Å². The maximum absolute atomic E-state index is 14.6. The van der Waals surface area contributed by atoms with Crippen LogP contribution in [0.5, 0.6) is 0 Å². The van der Waals surface area contributed by atoms with Crippen LogP contribution < -0.4 is 4.72 Å². The number of hydrogen-bond donors (Lipinski definition) is 2. The topological polar surface area (TPSA) is 101 Å². The molecule has 0 fully saturated rings. The number of halogens is 2. The second kappa shape index (κ2) is 7.92. The molecule has 1 heterocycles. The lowest BCUT2D eigenvalue weighted by Crippen LogP contribution is -2.14. The molecule has 0 saturated heterocycles. The van der Waals surface area contributed by atoms with E-state index in [0.29, 0.717) is 16.3 Å². The number of carboxylic acid groups (broad SMARTS) is 1. The van der Waals surface area contributed by atoms with Gasteiger partial charge in [0.15, 0.2) is 0 Å². The highest BCUT2D eigenvalue weighted by Crippen LogP contribution is 2.36. The molecule has 7 nitrogen and oxygen atoms in total. The first kappa shape index (κ1) is 21.8. The Hall–Kier alpha value is -3.43. The van der Waals surface area contributed by atoms with Crippen molar-refractivity contribution in [1.29, 1.82) is 0 Å². The quantitative estimate of drug-likeness (QED) is 0.432. The first-order valence-electron chi connectivity index (χ1n) is 9.37. The van der Waals surface area contributed by atoms with Crippen molar-refractivity contribution in [1.82, 2.24) is 9.78 Å². The summed E-state index contributed by atoms with van der Waals surface area (Å²) in [6, 6.07) is 13.4. The summed E-state index contributed by atoms with van der Waals surface area (Å²) in [6.45, 7) is 1.54. The highest BCUT2D eigenvalue weighted by atomic mass is 35.5. The molecule has 4 rings (SSSR count). The zero-order chi connectivity index (χ0) is 23.2. The minimum Gasteiger partial charge on any atom is -0.478 e. The molecule has 164 valence electrons. The summed E-state index contributed by atoms with van der Waals surface area (Å²) in [7, 11) is -2.53. The Kier molecular flexibility index (Phi) is 5.39. The van der Waals surface area contributed by atoms with Crippen LogP contribution in [0.4, 0.5) is 10.1 Å². The molecule has 0 unspecified atom stereocenters. The van der Waals surface area contributed by atoms with Crippen LogP contribution in [0.2, 0.25) is 5.15 Å². The summed E-state index contributed by atoms with van der Waals surface area (Å²) in [4.78, 5) is 11.2. The summed E-state index contributed by atoms with van der Waals surface area (Å²) < 4.78 is 44.5. The third-order valence-corrected chi connectivity index (χ3v) is 7.10. The zero-order valence-corrected chi connectivity index (χ0v) is 18.5. The monoisotopic (exact) mass is 473 g/mol. The van der Waals surface area contributed by atoms with Crippen molar-refractivity contribution in [2.24, 2.45) is 7.05 Å². The van der Waals surface area contributed by atoms with Crippen molar-refractivity contribution in [3.63, 3.8) is 0 Å². The number of carboxylic acids is 1. The van der Waals surface area contributed by atoms with E-state index in [1.165, 1.54) is 22.9 Å². The lowest BCUT2D eigenvalue weighted by molar-refractivity contribution is 0.0697. The molecule has 0 aliphatic carbocycles. The van der Waals surface area contributed by atoms with Crippen LogP contribution in [0.15, 0.2) is 59.5 Å². The number of benzene rings is 3. The smallest absolute Gasteiger partial charge is 0.335 e. The van der Waals surface area contributed by atoms with Gasteiger partial charge in [0.05, 0.1) is 16.9 Å². The van der Waals surface area contributed by atoms with Crippen molar-refractivity contribution in [2.75, 3.05) is 4.72 Å². The fraction of sp³-hybridized carbons (Fsp3) is 0.0909. The molecule has 10 heteroatoms. The zero-order valence-electron chi connectivity index (χ0n) is 16.9. The van der Waals surface area contributed by atoms with Gasteiger partial charge >= 0.3 is 5.97 Å². The van der Waals surface area contributed by atoms with E-state index in [0.717, 1.165) is 6.07 Å². The average Bonchev–Trinajstić information content (AvgIpc) is 3.00. The molecule has 32 heavy (non-hydrogen) atoms. The molecular weight excluding hydrogens is 457 g/mol. The Labute approximate surface area is 188 Å². The van der Waals surface area contributed by atoms with E-state index < -0.39 is 21.8 Å². The van der Waals surface area contributed by atoms with Gasteiger partial charge in [-0.15, -0.1) is 0 Å². The number of nitrogens with one attached hydrogen (secondary N) is 1. The Morgan fingerprint density at radius 2 is 1.78 bits per heavy atom. The predicted octanol–water partition coefficient (Wildman–Crippen LogP) is 4.84. The van der Waals surface area contributed by atoms with Crippen LogP contribution in [-0.4, -0.2) is 29.3 Å². The predicted molar refractivity (Wildman–Crippen MR) is 120 cm³/mol. The van der Waals surface area contributed by atoms with E-state index in [9.17, 15) is 22.7 Å². The number of nitrogens with zero attached hydrogens (tertiary/aromatic N) is 2. The van der Waals surface area contributed by atoms with E-state index in [4.69, 9.17) is 11.6 Å². The highest BCUT2D eigenvalue weighted by molar-refractivity contribution is 7.93. The third-order valence-electron chi connectivity index (χ3n) is 5.04. The molecule has 1 aromatic heterocycles.